The molecule has 17 heavy (non-hydrogen) atoms. The molecule has 0 aliphatic carbocycles. The van der Waals surface area contributed by atoms with E-state index in [0.717, 1.165) is 23.6 Å². The molecular formula is C14H21NO2. The van der Waals surface area contributed by atoms with Crippen molar-refractivity contribution in [2.24, 2.45) is 0 Å². The summed E-state index contributed by atoms with van der Waals surface area (Å²) in [6.45, 7) is 5.45. The topological polar surface area (TPSA) is 30.5 Å². The Kier molecular flexibility index (Phi) is 5.57. The summed E-state index contributed by atoms with van der Waals surface area (Å²) < 4.78 is 11.1. The molecule has 0 bridgehead atoms. The lowest BCUT2D eigenvalue weighted by Crippen LogP contribution is -2.08. The highest BCUT2D eigenvalue weighted by atomic mass is 16.5. The summed E-state index contributed by atoms with van der Waals surface area (Å²) in [5.74, 6) is 1.60. The number of benzene rings is 1. The van der Waals surface area contributed by atoms with E-state index in [1.165, 1.54) is 5.57 Å². The van der Waals surface area contributed by atoms with E-state index >= 15 is 0 Å². The lowest BCUT2D eigenvalue weighted by Gasteiger charge is -2.14. The Morgan fingerprint density at radius 2 is 2.12 bits per heavy atom. The SMILES string of the molecule is CNCc1cccc(OC)c1OCC=C(C)C. The first-order valence-corrected chi connectivity index (χ1v) is 5.75. The monoisotopic (exact) mass is 235 g/mol. The third-order valence-corrected chi connectivity index (χ3v) is 2.37. The quantitative estimate of drug-likeness (QED) is 0.769. The fourth-order valence-corrected chi connectivity index (χ4v) is 1.51. The number of hydrogen-bond donors (Lipinski definition) is 1. The van der Waals surface area contributed by atoms with E-state index in [0.29, 0.717) is 6.61 Å². The molecule has 0 fully saturated rings. The van der Waals surface area contributed by atoms with Crippen molar-refractivity contribution >= 4 is 0 Å². The molecule has 1 N–H and O–H groups in total. The van der Waals surface area contributed by atoms with Gasteiger partial charge in [0.05, 0.1) is 7.11 Å². The molecule has 0 amide bonds. The van der Waals surface area contributed by atoms with Crippen molar-refractivity contribution in [1.82, 2.24) is 5.32 Å². The largest absolute Gasteiger partial charge is 0.493 e. The zero-order chi connectivity index (χ0) is 12.7. The Labute approximate surface area is 103 Å². The maximum atomic E-state index is 5.78. The van der Waals surface area contributed by atoms with Crippen LogP contribution >= 0.6 is 0 Å². The second kappa shape index (κ2) is 6.97. The highest BCUT2D eigenvalue weighted by Crippen LogP contribution is 2.31. The Morgan fingerprint density at radius 1 is 1.35 bits per heavy atom. The summed E-state index contributed by atoms with van der Waals surface area (Å²) in [7, 11) is 3.58. The van der Waals surface area contributed by atoms with E-state index in [4.69, 9.17) is 9.47 Å². The number of hydrogen-bond acceptors (Lipinski definition) is 3. The van der Waals surface area contributed by atoms with Crippen LogP contribution in [0, 0.1) is 0 Å². The van der Waals surface area contributed by atoms with Gasteiger partial charge in [0.25, 0.3) is 0 Å². The van der Waals surface area contributed by atoms with Crippen LogP contribution in [0.15, 0.2) is 29.8 Å². The minimum absolute atomic E-state index is 0.569. The molecule has 0 heterocycles. The van der Waals surface area contributed by atoms with Crippen molar-refractivity contribution in [3.8, 4) is 11.5 Å². The van der Waals surface area contributed by atoms with Gasteiger partial charge in [-0.15, -0.1) is 0 Å². The molecule has 0 radical (unpaired) electrons. The molecule has 3 heteroatoms. The van der Waals surface area contributed by atoms with Gasteiger partial charge in [-0.25, -0.2) is 0 Å². The Hall–Kier alpha value is -1.48. The smallest absolute Gasteiger partial charge is 0.166 e. The van der Waals surface area contributed by atoms with Crippen LogP contribution in [0.4, 0.5) is 0 Å². The van der Waals surface area contributed by atoms with Crippen LogP contribution in [0.1, 0.15) is 19.4 Å². The molecule has 0 atom stereocenters. The zero-order valence-corrected chi connectivity index (χ0v) is 11.0. The number of rotatable bonds is 6. The Morgan fingerprint density at radius 3 is 2.71 bits per heavy atom. The minimum atomic E-state index is 0.569. The van der Waals surface area contributed by atoms with Gasteiger partial charge in [-0.3, -0.25) is 0 Å². The van der Waals surface area contributed by atoms with E-state index in [1.54, 1.807) is 7.11 Å². The second-order valence-electron chi connectivity index (χ2n) is 4.07. The van der Waals surface area contributed by atoms with Crippen molar-refractivity contribution in [2.45, 2.75) is 20.4 Å². The fourth-order valence-electron chi connectivity index (χ4n) is 1.51. The highest BCUT2D eigenvalue weighted by Gasteiger charge is 2.09. The van der Waals surface area contributed by atoms with E-state index in [9.17, 15) is 0 Å². The van der Waals surface area contributed by atoms with Gasteiger partial charge in [0.1, 0.15) is 6.61 Å². The third-order valence-electron chi connectivity index (χ3n) is 2.37. The fraction of sp³-hybridized carbons (Fsp3) is 0.429. The van der Waals surface area contributed by atoms with E-state index in [1.807, 2.05) is 25.2 Å². The van der Waals surface area contributed by atoms with Crippen LogP contribution in [-0.2, 0) is 6.54 Å². The van der Waals surface area contributed by atoms with Gasteiger partial charge in [0.2, 0.25) is 0 Å². The van der Waals surface area contributed by atoms with Crippen molar-refractivity contribution in [2.75, 3.05) is 20.8 Å². The van der Waals surface area contributed by atoms with E-state index < -0.39 is 0 Å². The average Bonchev–Trinajstić information content (AvgIpc) is 2.30. The number of methoxy groups -OCH3 is 1. The molecule has 1 aromatic carbocycles. The van der Waals surface area contributed by atoms with Crippen LogP contribution in [0.2, 0.25) is 0 Å². The van der Waals surface area contributed by atoms with Crippen molar-refractivity contribution in [3.05, 3.63) is 35.4 Å². The van der Waals surface area contributed by atoms with Crippen LogP contribution in [-0.4, -0.2) is 20.8 Å². The number of allylic oxidation sites excluding steroid dienone is 1. The molecule has 0 aliphatic rings. The normalized spacial score (nSPS) is 9.88. The van der Waals surface area contributed by atoms with E-state index in [2.05, 4.69) is 25.2 Å². The summed E-state index contributed by atoms with van der Waals surface area (Å²) in [5, 5.41) is 3.12. The Balaban J connectivity index is 2.88. The van der Waals surface area contributed by atoms with Crippen LogP contribution < -0.4 is 14.8 Å². The predicted octanol–water partition coefficient (Wildman–Crippen LogP) is 2.76. The van der Waals surface area contributed by atoms with Gasteiger partial charge in [0.15, 0.2) is 11.5 Å². The van der Waals surface area contributed by atoms with Crippen molar-refractivity contribution in [1.29, 1.82) is 0 Å². The summed E-state index contributed by atoms with van der Waals surface area (Å²) in [6.07, 6.45) is 2.05. The van der Waals surface area contributed by atoms with Crippen molar-refractivity contribution < 1.29 is 9.47 Å². The lowest BCUT2D eigenvalue weighted by atomic mass is 10.2. The summed E-state index contributed by atoms with van der Waals surface area (Å²) in [5.41, 5.74) is 2.35. The maximum Gasteiger partial charge on any atom is 0.166 e. The average molecular weight is 235 g/mol. The van der Waals surface area contributed by atoms with Crippen LogP contribution in [0.3, 0.4) is 0 Å². The van der Waals surface area contributed by atoms with Gasteiger partial charge in [0, 0.05) is 12.1 Å². The molecule has 1 rings (SSSR count). The number of nitrogens with one attached hydrogen (secondary N) is 1. The first kappa shape index (κ1) is 13.6. The molecule has 0 aromatic heterocycles. The molecule has 0 unspecified atom stereocenters. The summed E-state index contributed by atoms with van der Waals surface area (Å²) >= 11 is 0. The van der Waals surface area contributed by atoms with Crippen LogP contribution in [0.25, 0.3) is 0 Å². The number of ether oxygens (including phenoxy) is 2. The van der Waals surface area contributed by atoms with Crippen molar-refractivity contribution in [3.63, 3.8) is 0 Å². The lowest BCUT2D eigenvalue weighted by molar-refractivity contribution is 0.321. The number of para-hydroxylation sites is 1. The first-order valence-electron chi connectivity index (χ1n) is 5.75. The summed E-state index contributed by atoms with van der Waals surface area (Å²) in [4.78, 5) is 0. The molecule has 94 valence electrons. The second-order valence-corrected chi connectivity index (χ2v) is 4.07. The first-order chi connectivity index (χ1) is 8.19. The van der Waals surface area contributed by atoms with Gasteiger partial charge in [-0.1, -0.05) is 17.7 Å². The highest BCUT2D eigenvalue weighted by molar-refractivity contribution is 5.46. The zero-order valence-electron chi connectivity index (χ0n) is 11.0. The van der Waals surface area contributed by atoms with E-state index in [-0.39, 0.29) is 0 Å². The maximum absolute atomic E-state index is 5.78. The standard InChI is InChI=1S/C14H21NO2/c1-11(2)8-9-17-14-12(10-15-3)6-5-7-13(14)16-4/h5-8,15H,9-10H2,1-4H3. The van der Waals surface area contributed by atoms with Gasteiger partial charge in [-0.2, -0.15) is 0 Å². The molecule has 0 saturated heterocycles. The minimum Gasteiger partial charge on any atom is -0.493 e. The van der Waals surface area contributed by atoms with Gasteiger partial charge < -0.3 is 14.8 Å². The van der Waals surface area contributed by atoms with Gasteiger partial charge >= 0.3 is 0 Å². The van der Waals surface area contributed by atoms with Crippen LogP contribution in [0.5, 0.6) is 11.5 Å². The Bertz CT molecular complexity index is 382. The predicted molar refractivity (Wildman–Crippen MR) is 70.7 cm³/mol. The summed E-state index contributed by atoms with van der Waals surface area (Å²) in [6, 6.07) is 5.92. The molecule has 1 aromatic rings. The van der Waals surface area contributed by atoms with Gasteiger partial charge in [-0.05, 0) is 33.0 Å². The molecule has 3 nitrogen and oxygen atoms in total. The molecule has 0 aliphatic heterocycles. The molecule has 0 saturated carbocycles. The molecule has 0 spiro atoms. The third kappa shape index (κ3) is 4.11. The molecular weight excluding hydrogens is 214 g/mol.